The van der Waals surface area contributed by atoms with Gasteiger partial charge in [-0.05, 0) is 42.3 Å². The zero-order valence-corrected chi connectivity index (χ0v) is 14.7. The number of rotatable bonds is 7. The number of carbonyl (C=O) groups excluding carboxylic acids is 1. The molecule has 0 bridgehead atoms. The van der Waals surface area contributed by atoms with Crippen molar-refractivity contribution in [3.63, 3.8) is 0 Å². The summed E-state index contributed by atoms with van der Waals surface area (Å²) in [5, 5.41) is 7.35. The number of furan rings is 1. The van der Waals surface area contributed by atoms with Gasteiger partial charge in [0.05, 0.1) is 18.4 Å². The van der Waals surface area contributed by atoms with Crippen molar-refractivity contribution in [1.29, 1.82) is 0 Å². The fourth-order valence-electron chi connectivity index (χ4n) is 2.98. The van der Waals surface area contributed by atoms with Gasteiger partial charge in [-0.1, -0.05) is 18.2 Å². The zero-order chi connectivity index (χ0) is 18.5. The standard InChI is InChI=1S/C21H20N4O2/c26-21(25-14-17-4-3-11-27-17)16-7-8-20(24-13-16)22-10-9-15-12-23-19-6-2-1-5-18(15)19/h1-8,11-13,23H,9-10,14H2,(H,22,24)(H,25,26). The highest BCUT2D eigenvalue weighted by atomic mass is 16.3. The van der Waals surface area contributed by atoms with Crippen LogP contribution in [0.15, 0.2) is 71.6 Å². The number of aromatic nitrogens is 2. The lowest BCUT2D eigenvalue weighted by molar-refractivity contribution is 0.0947. The van der Waals surface area contributed by atoms with Crippen LogP contribution in [0.5, 0.6) is 0 Å². The summed E-state index contributed by atoms with van der Waals surface area (Å²) >= 11 is 0. The Morgan fingerprint density at radius 3 is 2.85 bits per heavy atom. The van der Waals surface area contributed by atoms with Gasteiger partial charge in [0.1, 0.15) is 11.6 Å². The third-order valence-electron chi connectivity index (χ3n) is 4.40. The maximum absolute atomic E-state index is 12.1. The Kier molecular flexibility index (Phi) is 4.87. The molecule has 0 atom stereocenters. The van der Waals surface area contributed by atoms with Gasteiger partial charge in [-0.2, -0.15) is 0 Å². The lowest BCUT2D eigenvalue weighted by atomic mass is 10.1. The first-order valence-corrected chi connectivity index (χ1v) is 8.85. The third kappa shape index (κ3) is 4.00. The second-order valence-electron chi connectivity index (χ2n) is 6.23. The molecule has 0 spiro atoms. The van der Waals surface area contributed by atoms with Crippen LogP contribution in [0.3, 0.4) is 0 Å². The highest BCUT2D eigenvalue weighted by Crippen LogP contribution is 2.18. The maximum atomic E-state index is 12.1. The summed E-state index contributed by atoms with van der Waals surface area (Å²) in [7, 11) is 0. The first-order valence-electron chi connectivity index (χ1n) is 8.85. The van der Waals surface area contributed by atoms with Crippen LogP contribution in [0.4, 0.5) is 5.82 Å². The van der Waals surface area contributed by atoms with Gasteiger partial charge in [0.25, 0.3) is 5.91 Å². The molecule has 0 aliphatic carbocycles. The number of para-hydroxylation sites is 1. The van der Waals surface area contributed by atoms with Gasteiger partial charge < -0.3 is 20.0 Å². The first-order chi connectivity index (χ1) is 13.3. The van der Waals surface area contributed by atoms with Gasteiger partial charge in [0.2, 0.25) is 0 Å². The minimum atomic E-state index is -0.177. The van der Waals surface area contributed by atoms with Crippen LogP contribution < -0.4 is 10.6 Å². The predicted molar refractivity (Wildman–Crippen MR) is 105 cm³/mol. The third-order valence-corrected chi connectivity index (χ3v) is 4.40. The molecule has 3 heterocycles. The van der Waals surface area contributed by atoms with Crippen LogP contribution in [0.1, 0.15) is 21.7 Å². The molecule has 4 rings (SSSR count). The van der Waals surface area contributed by atoms with E-state index in [1.807, 2.05) is 30.5 Å². The molecule has 4 aromatic rings. The normalized spacial score (nSPS) is 10.8. The SMILES string of the molecule is O=C(NCc1ccco1)c1ccc(NCCc2c[nH]c3ccccc23)nc1. The Labute approximate surface area is 156 Å². The number of nitrogens with one attached hydrogen (secondary N) is 3. The minimum Gasteiger partial charge on any atom is -0.467 e. The van der Waals surface area contributed by atoms with Gasteiger partial charge in [-0.15, -0.1) is 0 Å². The van der Waals surface area contributed by atoms with Crippen molar-refractivity contribution < 1.29 is 9.21 Å². The summed E-state index contributed by atoms with van der Waals surface area (Å²) in [6.07, 6.45) is 6.09. The number of hydrogen-bond donors (Lipinski definition) is 3. The van der Waals surface area contributed by atoms with Gasteiger partial charge >= 0.3 is 0 Å². The summed E-state index contributed by atoms with van der Waals surface area (Å²) in [5.74, 6) is 1.29. The summed E-state index contributed by atoms with van der Waals surface area (Å²) in [6.45, 7) is 1.12. The van der Waals surface area contributed by atoms with Crippen molar-refractivity contribution in [3.8, 4) is 0 Å². The number of pyridine rings is 1. The number of amides is 1. The molecule has 1 amide bonds. The number of aromatic amines is 1. The number of H-pyrrole nitrogens is 1. The second kappa shape index (κ2) is 7.78. The Bertz CT molecular complexity index is 1020. The summed E-state index contributed by atoms with van der Waals surface area (Å²) < 4.78 is 5.20. The van der Waals surface area contributed by atoms with Crippen molar-refractivity contribution >= 4 is 22.6 Å². The Morgan fingerprint density at radius 2 is 2.04 bits per heavy atom. The van der Waals surface area contributed by atoms with Crippen molar-refractivity contribution in [1.82, 2.24) is 15.3 Å². The molecule has 0 aliphatic heterocycles. The van der Waals surface area contributed by atoms with Crippen LogP contribution in [-0.4, -0.2) is 22.4 Å². The van der Waals surface area contributed by atoms with E-state index < -0.39 is 0 Å². The van der Waals surface area contributed by atoms with Crippen molar-refractivity contribution in [2.75, 3.05) is 11.9 Å². The first kappa shape index (κ1) is 16.9. The fourth-order valence-corrected chi connectivity index (χ4v) is 2.98. The molecule has 0 radical (unpaired) electrons. The number of carbonyl (C=O) groups is 1. The number of nitrogens with zero attached hydrogens (tertiary/aromatic N) is 1. The van der Waals surface area contributed by atoms with E-state index in [1.54, 1.807) is 24.6 Å². The molecule has 136 valence electrons. The summed E-state index contributed by atoms with van der Waals surface area (Å²) in [6, 6.07) is 15.5. The number of benzene rings is 1. The van der Waals surface area contributed by atoms with E-state index in [4.69, 9.17) is 4.42 Å². The molecule has 3 N–H and O–H groups in total. The lowest BCUT2D eigenvalue weighted by Gasteiger charge is -2.07. The average Bonchev–Trinajstić information content (AvgIpc) is 3.37. The molecule has 6 heteroatoms. The lowest BCUT2D eigenvalue weighted by Crippen LogP contribution is -2.22. The number of fused-ring (bicyclic) bond motifs is 1. The van der Waals surface area contributed by atoms with Gasteiger partial charge in [0.15, 0.2) is 0 Å². The topological polar surface area (TPSA) is 83.0 Å². The van der Waals surface area contributed by atoms with Crippen LogP contribution in [0.2, 0.25) is 0 Å². The van der Waals surface area contributed by atoms with Crippen molar-refractivity contribution in [2.45, 2.75) is 13.0 Å². The largest absolute Gasteiger partial charge is 0.467 e. The van der Waals surface area contributed by atoms with Crippen LogP contribution in [0.25, 0.3) is 10.9 Å². The van der Waals surface area contributed by atoms with Crippen molar-refractivity contribution in [3.05, 3.63) is 84.1 Å². The summed E-state index contributed by atoms with van der Waals surface area (Å²) in [5.41, 5.74) is 2.94. The van der Waals surface area contributed by atoms with Crippen LogP contribution in [-0.2, 0) is 13.0 Å². The second-order valence-corrected chi connectivity index (χ2v) is 6.23. The van der Waals surface area contributed by atoms with Gasteiger partial charge in [-0.25, -0.2) is 4.98 Å². The predicted octanol–water partition coefficient (Wildman–Crippen LogP) is 3.74. The van der Waals surface area contributed by atoms with E-state index in [0.717, 1.165) is 24.3 Å². The Morgan fingerprint density at radius 1 is 1.11 bits per heavy atom. The molecular formula is C21H20N4O2. The van der Waals surface area contributed by atoms with Gasteiger partial charge in [0, 0.05) is 29.8 Å². The minimum absolute atomic E-state index is 0.177. The molecule has 0 saturated heterocycles. The molecule has 1 aromatic carbocycles. The van der Waals surface area contributed by atoms with Crippen LogP contribution >= 0.6 is 0 Å². The zero-order valence-electron chi connectivity index (χ0n) is 14.7. The monoisotopic (exact) mass is 360 g/mol. The van der Waals surface area contributed by atoms with E-state index in [1.165, 1.54) is 10.9 Å². The molecule has 0 unspecified atom stereocenters. The summed E-state index contributed by atoms with van der Waals surface area (Å²) in [4.78, 5) is 19.7. The maximum Gasteiger partial charge on any atom is 0.253 e. The smallest absolute Gasteiger partial charge is 0.253 e. The number of hydrogen-bond acceptors (Lipinski definition) is 4. The quantitative estimate of drug-likeness (QED) is 0.469. The molecular weight excluding hydrogens is 340 g/mol. The molecule has 3 aromatic heterocycles. The van der Waals surface area contributed by atoms with Crippen LogP contribution in [0, 0.1) is 0 Å². The van der Waals surface area contributed by atoms with E-state index >= 15 is 0 Å². The molecule has 0 saturated carbocycles. The molecule has 0 aliphatic rings. The molecule has 0 fully saturated rings. The highest BCUT2D eigenvalue weighted by Gasteiger charge is 2.07. The van der Waals surface area contributed by atoms with E-state index in [0.29, 0.717) is 17.9 Å². The van der Waals surface area contributed by atoms with Crippen molar-refractivity contribution in [2.24, 2.45) is 0 Å². The highest BCUT2D eigenvalue weighted by molar-refractivity contribution is 5.94. The Balaban J connectivity index is 1.29. The molecule has 6 nitrogen and oxygen atoms in total. The average molecular weight is 360 g/mol. The van der Waals surface area contributed by atoms with Gasteiger partial charge in [-0.3, -0.25) is 4.79 Å². The fraction of sp³-hybridized carbons (Fsp3) is 0.143. The van der Waals surface area contributed by atoms with E-state index in [2.05, 4.69) is 32.7 Å². The Hall–Kier alpha value is -3.54. The van der Waals surface area contributed by atoms with E-state index in [9.17, 15) is 4.79 Å². The van der Waals surface area contributed by atoms with E-state index in [-0.39, 0.29) is 5.91 Å². The molecule has 27 heavy (non-hydrogen) atoms. The number of anilines is 1.